The van der Waals surface area contributed by atoms with Gasteiger partial charge in [-0.1, -0.05) is 172 Å². The van der Waals surface area contributed by atoms with Crippen molar-refractivity contribution in [3.63, 3.8) is 0 Å². The van der Waals surface area contributed by atoms with Crippen LogP contribution in [0, 0.1) is 0 Å². The Morgan fingerprint density at radius 2 is 0.768 bits per heavy atom. The maximum atomic E-state index is 6.70. The Balaban J connectivity index is 1.00. The molecule has 2 aliphatic carbocycles. The molecule has 3 heterocycles. The first-order valence-corrected chi connectivity index (χ1v) is 23.6. The minimum atomic E-state index is -0.135. The number of hydrogen-bond donors (Lipinski definition) is 0. The van der Waals surface area contributed by atoms with Crippen LogP contribution in [0.25, 0.3) is 144 Å². The van der Waals surface area contributed by atoms with Crippen molar-refractivity contribution in [1.82, 2.24) is 15.0 Å². The van der Waals surface area contributed by atoms with Gasteiger partial charge >= 0.3 is 0 Å². The van der Waals surface area contributed by atoms with E-state index in [1.165, 1.54) is 49.9 Å². The minimum Gasteiger partial charge on any atom is -0.455 e. The Labute approximate surface area is 397 Å². The molecular weight excluding hydrogens is 843 g/mol. The van der Waals surface area contributed by atoms with E-state index in [-0.39, 0.29) is 5.41 Å². The summed E-state index contributed by atoms with van der Waals surface area (Å²) < 4.78 is 13.4. The third-order valence-electron chi connectivity index (χ3n) is 14.9. The summed E-state index contributed by atoms with van der Waals surface area (Å²) in [6.45, 7) is 4.62. The summed E-state index contributed by atoms with van der Waals surface area (Å²) >= 11 is 0. The van der Waals surface area contributed by atoms with Gasteiger partial charge < -0.3 is 8.83 Å². The molecule has 13 aromatic rings. The summed E-state index contributed by atoms with van der Waals surface area (Å²) in [5.41, 5.74) is 19.9. The van der Waals surface area contributed by atoms with E-state index in [4.69, 9.17) is 23.8 Å². The Morgan fingerprint density at radius 1 is 0.304 bits per heavy atom. The average Bonchev–Trinajstić information content (AvgIpc) is 4.14. The number of para-hydroxylation sites is 4. The van der Waals surface area contributed by atoms with Gasteiger partial charge in [-0.05, 0) is 109 Å². The van der Waals surface area contributed by atoms with Crippen LogP contribution in [0.4, 0.5) is 0 Å². The van der Waals surface area contributed by atoms with Gasteiger partial charge in [0.1, 0.15) is 22.3 Å². The van der Waals surface area contributed by atoms with E-state index in [9.17, 15) is 0 Å². The van der Waals surface area contributed by atoms with E-state index >= 15 is 0 Å². The lowest BCUT2D eigenvalue weighted by Crippen LogP contribution is -2.14. The van der Waals surface area contributed by atoms with Crippen LogP contribution in [0.1, 0.15) is 25.0 Å². The van der Waals surface area contributed by atoms with Crippen molar-refractivity contribution in [1.29, 1.82) is 0 Å². The first-order chi connectivity index (χ1) is 33.9. The molecule has 69 heavy (non-hydrogen) atoms. The van der Waals surface area contributed by atoms with E-state index in [0.29, 0.717) is 17.5 Å². The second-order valence-corrected chi connectivity index (χ2v) is 19.0. The highest BCUT2D eigenvalue weighted by Gasteiger charge is 2.35. The van der Waals surface area contributed by atoms with Gasteiger partial charge in [0.15, 0.2) is 17.5 Å². The molecule has 0 unspecified atom stereocenters. The monoisotopic (exact) mass is 881 g/mol. The van der Waals surface area contributed by atoms with Crippen LogP contribution >= 0.6 is 0 Å². The molecule has 0 spiro atoms. The molecule has 0 saturated carbocycles. The van der Waals surface area contributed by atoms with Crippen LogP contribution in [-0.2, 0) is 5.41 Å². The number of benzene rings is 10. The molecule has 5 heteroatoms. The largest absolute Gasteiger partial charge is 0.455 e. The second-order valence-electron chi connectivity index (χ2n) is 19.0. The molecule has 15 rings (SSSR count). The molecule has 0 fully saturated rings. The maximum absolute atomic E-state index is 6.70. The molecule has 0 aliphatic heterocycles. The zero-order valence-electron chi connectivity index (χ0n) is 37.7. The summed E-state index contributed by atoms with van der Waals surface area (Å²) in [4.78, 5) is 16.4. The van der Waals surface area contributed by atoms with Crippen molar-refractivity contribution in [3.05, 3.63) is 211 Å². The number of aromatic nitrogens is 3. The third kappa shape index (κ3) is 5.50. The van der Waals surface area contributed by atoms with Crippen LogP contribution in [-0.4, -0.2) is 15.0 Å². The molecule has 0 saturated heterocycles. The van der Waals surface area contributed by atoms with Crippen LogP contribution in [0.5, 0.6) is 0 Å². The first-order valence-electron chi connectivity index (χ1n) is 23.6. The van der Waals surface area contributed by atoms with Crippen molar-refractivity contribution < 1.29 is 8.83 Å². The van der Waals surface area contributed by atoms with Gasteiger partial charge in [0.2, 0.25) is 0 Å². The molecule has 0 radical (unpaired) electrons. The van der Waals surface area contributed by atoms with Crippen LogP contribution in [0.2, 0.25) is 0 Å². The number of fused-ring (bicyclic) bond motifs is 12. The van der Waals surface area contributed by atoms with Crippen LogP contribution in [0.3, 0.4) is 0 Å². The highest BCUT2D eigenvalue weighted by Crippen LogP contribution is 2.51. The van der Waals surface area contributed by atoms with Crippen molar-refractivity contribution in [2.24, 2.45) is 0 Å². The van der Waals surface area contributed by atoms with E-state index in [1.54, 1.807) is 0 Å². The smallest absolute Gasteiger partial charge is 0.164 e. The van der Waals surface area contributed by atoms with Crippen molar-refractivity contribution in [3.8, 4) is 89.8 Å². The molecule has 0 bridgehead atoms. The van der Waals surface area contributed by atoms with Gasteiger partial charge in [-0.3, -0.25) is 0 Å². The molecule has 3 aromatic heterocycles. The lowest BCUT2D eigenvalue weighted by Gasteiger charge is -2.21. The molecule has 0 atom stereocenters. The summed E-state index contributed by atoms with van der Waals surface area (Å²) in [5.74, 6) is 1.79. The fraction of sp³-hybridized carbons (Fsp3) is 0.0469. The van der Waals surface area contributed by atoms with Gasteiger partial charge in [-0.2, -0.15) is 0 Å². The van der Waals surface area contributed by atoms with Crippen molar-refractivity contribution in [2.75, 3.05) is 0 Å². The Morgan fingerprint density at radius 3 is 1.43 bits per heavy atom. The molecule has 0 amide bonds. The first kappa shape index (κ1) is 38.2. The second kappa shape index (κ2) is 14.0. The van der Waals surface area contributed by atoms with Crippen molar-refractivity contribution >= 4 is 54.6 Å². The summed E-state index contributed by atoms with van der Waals surface area (Å²) in [7, 11) is 0. The Bertz CT molecular complexity index is 4200. The molecule has 322 valence electrons. The van der Waals surface area contributed by atoms with Gasteiger partial charge in [-0.15, -0.1) is 0 Å². The summed E-state index contributed by atoms with van der Waals surface area (Å²) in [6, 6.07) is 71.2. The maximum Gasteiger partial charge on any atom is 0.164 e. The minimum absolute atomic E-state index is 0.135. The number of furan rings is 2. The molecule has 0 N–H and O–H groups in total. The predicted octanol–water partition coefficient (Wildman–Crippen LogP) is 17.1. The van der Waals surface area contributed by atoms with E-state index < -0.39 is 0 Å². The zero-order chi connectivity index (χ0) is 45.5. The summed E-state index contributed by atoms with van der Waals surface area (Å²) in [6.07, 6.45) is 0. The van der Waals surface area contributed by atoms with E-state index in [2.05, 4.69) is 190 Å². The number of rotatable bonds is 5. The number of hydrogen-bond acceptors (Lipinski definition) is 5. The third-order valence-corrected chi connectivity index (χ3v) is 14.9. The quantitative estimate of drug-likeness (QED) is 0.172. The fourth-order valence-corrected chi connectivity index (χ4v) is 11.6. The molecule has 5 nitrogen and oxygen atoms in total. The lowest BCUT2D eigenvalue weighted by molar-refractivity contribution is 0.660. The van der Waals surface area contributed by atoms with E-state index in [0.717, 1.165) is 88.2 Å². The molecule has 2 aliphatic rings. The predicted molar refractivity (Wildman–Crippen MR) is 281 cm³/mol. The van der Waals surface area contributed by atoms with Gasteiger partial charge in [0, 0.05) is 54.8 Å². The Kier molecular flexibility index (Phi) is 7.78. The van der Waals surface area contributed by atoms with Gasteiger partial charge in [0.25, 0.3) is 0 Å². The van der Waals surface area contributed by atoms with Crippen LogP contribution < -0.4 is 0 Å². The van der Waals surface area contributed by atoms with Gasteiger partial charge in [-0.25, -0.2) is 15.0 Å². The molecule has 10 aromatic carbocycles. The molecular formula is C64H39N3O2. The Hall–Kier alpha value is -8.93. The van der Waals surface area contributed by atoms with Crippen LogP contribution in [0.15, 0.2) is 209 Å². The SMILES string of the molecule is CC1(C)c2ccccc2-c2cc(-c3nc(-c4cc(-c5cccc6c5oc5ccccc56)cc(-c5cccc6c5oc5ccccc56)c4)nc(-c4ccc5c6c(cccc46)-c4ccccc4-5)n3)ccc21. The topological polar surface area (TPSA) is 65.0 Å². The fourth-order valence-electron chi connectivity index (χ4n) is 11.6. The van der Waals surface area contributed by atoms with E-state index in [1.807, 2.05) is 24.3 Å². The highest BCUT2D eigenvalue weighted by atomic mass is 16.3. The van der Waals surface area contributed by atoms with Crippen molar-refractivity contribution in [2.45, 2.75) is 19.3 Å². The summed E-state index contributed by atoms with van der Waals surface area (Å²) in [5, 5.41) is 6.62. The standard InChI is InChI=1S/C64H39N3O2/c1-64(2)54-25-8-5-16-44(54)53-35-36(28-31-55(53)64)61-65-62(67-63(66-61)52-30-29-49-43-15-4-3-14-42(43)47-21-13-22-48(52)58(47)49)39-33-37(40-19-11-23-50-45-17-6-9-26-56(45)68-59(40)50)32-38(34-39)41-20-12-24-51-46-18-7-10-27-57(46)69-60(41)51/h3-35H,1-2H3. The zero-order valence-corrected chi connectivity index (χ0v) is 37.7. The van der Waals surface area contributed by atoms with Gasteiger partial charge in [0.05, 0.1) is 0 Å². The normalized spacial score (nSPS) is 13.2. The highest BCUT2D eigenvalue weighted by molar-refractivity contribution is 6.18. The lowest BCUT2D eigenvalue weighted by atomic mass is 9.82. The average molecular weight is 882 g/mol. The number of nitrogens with zero attached hydrogens (tertiary/aromatic N) is 3.